The van der Waals surface area contributed by atoms with Gasteiger partial charge in [-0.3, -0.25) is 0 Å². The summed E-state index contributed by atoms with van der Waals surface area (Å²) in [5.41, 5.74) is 2.91. The SMILES string of the molecule is CCC(C(=O)O)n1nncc1-c1ccc(C(C)C)cc1. The molecule has 0 spiro atoms. The van der Waals surface area contributed by atoms with Gasteiger partial charge in [0, 0.05) is 5.56 Å². The molecule has 0 saturated carbocycles. The Balaban J connectivity index is 2.39. The zero-order valence-corrected chi connectivity index (χ0v) is 11.9. The number of aliphatic carboxylic acids is 1. The molecule has 0 amide bonds. The summed E-state index contributed by atoms with van der Waals surface area (Å²) in [6, 6.07) is 7.40. The molecule has 0 saturated heterocycles. The van der Waals surface area contributed by atoms with Crippen LogP contribution < -0.4 is 0 Å². The van der Waals surface area contributed by atoms with Crippen molar-refractivity contribution in [3.63, 3.8) is 0 Å². The first-order chi connectivity index (χ1) is 9.54. The highest BCUT2D eigenvalue weighted by molar-refractivity contribution is 5.73. The lowest BCUT2D eigenvalue weighted by atomic mass is 10.0. The van der Waals surface area contributed by atoms with Gasteiger partial charge in [0.1, 0.15) is 0 Å². The van der Waals surface area contributed by atoms with Gasteiger partial charge in [-0.25, -0.2) is 9.48 Å². The van der Waals surface area contributed by atoms with Gasteiger partial charge in [0.15, 0.2) is 6.04 Å². The normalized spacial score (nSPS) is 12.6. The van der Waals surface area contributed by atoms with Crippen molar-refractivity contribution in [2.24, 2.45) is 0 Å². The molecular formula is C15H19N3O2. The van der Waals surface area contributed by atoms with Gasteiger partial charge in [0.25, 0.3) is 0 Å². The number of nitrogens with zero attached hydrogens (tertiary/aromatic N) is 3. The van der Waals surface area contributed by atoms with E-state index in [1.165, 1.54) is 10.2 Å². The quantitative estimate of drug-likeness (QED) is 0.908. The maximum absolute atomic E-state index is 11.3. The molecule has 0 aliphatic rings. The third-order valence-corrected chi connectivity index (χ3v) is 3.41. The molecule has 5 heteroatoms. The largest absolute Gasteiger partial charge is 0.480 e. The Morgan fingerprint density at radius 1 is 1.30 bits per heavy atom. The molecule has 5 nitrogen and oxygen atoms in total. The molecule has 1 heterocycles. The molecule has 0 aliphatic heterocycles. The average Bonchev–Trinajstić information content (AvgIpc) is 2.88. The molecule has 0 bridgehead atoms. The van der Waals surface area contributed by atoms with Gasteiger partial charge in [0.05, 0.1) is 11.9 Å². The lowest BCUT2D eigenvalue weighted by molar-refractivity contribution is -0.141. The van der Waals surface area contributed by atoms with Crippen LogP contribution >= 0.6 is 0 Å². The fourth-order valence-electron chi connectivity index (χ4n) is 2.17. The van der Waals surface area contributed by atoms with Crippen LogP contribution in [0.4, 0.5) is 0 Å². The van der Waals surface area contributed by atoms with Gasteiger partial charge in [0.2, 0.25) is 0 Å². The Morgan fingerprint density at radius 3 is 2.45 bits per heavy atom. The average molecular weight is 273 g/mol. The van der Waals surface area contributed by atoms with Gasteiger partial charge in [-0.2, -0.15) is 0 Å². The second kappa shape index (κ2) is 5.86. The summed E-state index contributed by atoms with van der Waals surface area (Å²) < 4.78 is 1.48. The lowest BCUT2D eigenvalue weighted by Gasteiger charge is -2.13. The van der Waals surface area contributed by atoms with E-state index in [-0.39, 0.29) is 0 Å². The summed E-state index contributed by atoms with van der Waals surface area (Å²) in [6.07, 6.45) is 2.08. The molecule has 0 radical (unpaired) electrons. The number of carbonyl (C=O) groups is 1. The molecule has 1 N–H and O–H groups in total. The predicted octanol–water partition coefficient (Wildman–Crippen LogP) is 3.10. The molecule has 106 valence electrons. The van der Waals surface area contributed by atoms with Crippen LogP contribution in [-0.4, -0.2) is 26.1 Å². The molecule has 1 atom stereocenters. The molecule has 20 heavy (non-hydrogen) atoms. The summed E-state index contributed by atoms with van der Waals surface area (Å²) in [6.45, 7) is 6.10. The lowest BCUT2D eigenvalue weighted by Crippen LogP contribution is -2.20. The van der Waals surface area contributed by atoms with Crippen molar-refractivity contribution in [3.8, 4) is 11.3 Å². The summed E-state index contributed by atoms with van der Waals surface area (Å²) in [5.74, 6) is -0.424. The number of hydrogen-bond acceptors (Lipinski definition) is 3. The van der Waals surface area contributed by atoms with Gasteiger partial charge >= 0.3 is 5.97 Å². The fraction of sp³-hybridized carbons (Fsp3) is 0.400. The standard InChI is InChI=1S/C15H19N3O2/c1-4-13(15(19)20)18-14(9-16-17-18)12-7-5-11(6-8-12)10(2)3/h5-10,13H,4H2,1-3H3,(H,19,20). The van der Waals surface area contributed by atoms with Crippen molar-refractivity contribution in [2.75, 3.05) is 0 Å². The van der Waals surface area contributed by atoms with Gasteiger partial charge in [-0.15, -0.1) is 5.10 Å². The Labute approximate surface area is 118 Å². The summed E-state index contributed by atoms with van der Waals surface area (Å²) >= 11 is 0. The number of benzene rings is 1. The fourth-order valence-corrected chi connectivity index (χ4v) is 2.17. The highest BCUT2D eigenvalue weighted by Crippen LogP contribution is 2.25. The van der Waals surface area contributed by atoms with Gasteiger partial charge < -0.3 is 5.11 Å². The number of rotatable bonds is 5. The second-order valence-corrected chi connectivity index (χ2v) is 5.10. The monoisotopic (exact) mass is 273 g/mol. The van der Waals surface area contributed by atoms with Crippen LogP contribution in [0.1, 0.15) is 44.7 Å². The Kier molecular flexibility index (Phi) is 4.17. The summed E-state index contributed by atoms with van der Waals surface area (Å²) in [4.78, 5) is 11.3. The van der Waals surface area contributed by atoms with E-state index in [9.17, 15) is 9.90 Å². The number of hydrogen-bond donors (Lipinski definition) is 1. The second-order valence-electron chi connectivity index (χ2n) is 5.10. The highest BCUT2D eigenvalue weighted by Gasteiger charge is 2.21. The highest BCUT2D eigenvalue weighted by atomic mass is 16.4. The smallest absolute Gasteiger partial charge is 0.328 e. The van der Waals surface area contributed by atoms with Crippen LogP contribution in [0.2, 0.25) is 0 Å². The van der Waals surface area contributed by atoms with Crippen molar-refractivity contribution in [3.05, 3.63) is 36.0 Å². The first-order valence-electron chi connectivity index (χ1n) is 6.78. The molecule has 1 unspecified atom stereocenters. The van der Waals surface area contributed by atoms with Crippen LogP contribution in [0.25, 0.3) is 11.3 Å². The van der Waals surface area contributed by atoms with Gasteiger partial charge in [-0.1, -0.05) is 50.3 Å². The van der Waals surface area contributed by atoms with Crippen molar-refractivity contribution >= 4 is 5.97 Å². The zero-order chi connectivity index (χ0) is 14.7. The molecule has 1 aromatic heterocycles. The molecule has 0 fully saturated rings. The van der Waals surface area contributed by atoms with Crippen LogP contribution in [0.15, 0.2) is 30.5 Å². The Morgan fingerprint density at radius 2 is 1.95 bits per heavy atom. The summed E-state index contributed by atoms with van der Waals surface area (Å²) in [5, 5.41) is 17.0. The third kappa shape index (κ3) is 2.71. The summed E-state index contributed by atoms with van der Waals surface area (Å²) in [7, 11) is 0. The van der Waals surface area contributed by atoms with Crippen molar-refractivity contribution in [1.29, 1.82) is 0 Å². The predicted molar refractivity (Wildman–Crippen MR) is 76.5 cm³/mol. The van der Waals surface area contributed by atoms with E-state index in [0.29, 0.717) is 12.3 Å². The van der Waals surface area contributed by atoms with Crippen LogP contribution in [0.5, 0.6) is 0 Å². The molecule has 0 aliphatic carbocycles. The van der Waals surface area contributed by atoms with Crippen LogP contribution in [0.3, 0.4) is 0 Å². The van der Waals surface area contributed by atoms with E-state index < -0.39 is 12.0 Å². The molecule has 1 aromatic carbocycles. The van der Waals surface area contributed by atoms with Gasteiger partial charge in [-0.05, 0) is 17.9 Å². The number of aromatic nitrogens is 3. The van der Waals surface area contributed by atoms with E-state index in [2.05, 4.69) is 36.3 Å². The van der Waals surface area contributed by atoms with Crippen molar-refractivity contribution in [2.45, 2.75) is 39.2 Å². The first-order valence-corrected chi connectivity index (χ1v) is 6.78. The van der Waals surface area contributed by atoms with E-state index in [1.807, 2.05) is 19.1 Å². The topological polar surface area (TPSA) is 68.0 Å². The molecule has 2 aromatic rings. The van der Waals surface area contributed by atoms with Crippen LogP contribution in [-0.2, 0) is 4.79 Å². The minimum absolute atomic E-state index is 0.467. The zero-order valence-electron chi connectivity index (χ0n) is 11.9. The molecule has 2 rings (SSSR count). The Bertz CT molecular complexity index is 587. The minimum Gasteiger partial charge on any atom is -0.480 e. The van der Waals surface area contributed by atoms with E-state index >= 15 is 0 Å². The maximum atomic E-state index is 11.3. The first kappa shape index (κ1) is 14.2. The van der Waals surface area contributed by atoms with Crippen molar-refractivity contribution < 1.29 is 9.90 Å². The van der Waals surface area contributed by atoms with E-state index in [1.54, 1.807) is 6.20 Å². The minimum atomic E-state index is -0.891. The number of carboxylic acid groups (broad SMARTS) is 1. The van der Waals surface area contributed by atoms with Crippen LogP contribution in [0, 0.1) is 0 Å². The van der Waals surface area contributed by atoms with Crippen molar-refractivity contribution in [1.82, 2.24) is 15.0 Å². The maximum Gasteiger partial charge on any atom is 0.328 e. The number of carboxylic acids is 1. The molecular weight excluding hydrogens is 254 g/mol. The Hall–Kier alpha value is -2.17. The van der Waals surface area contributed by atoms with E-state index in [4.69, 9.17) is 0 Å². The third-order valence-electron chi connectivity index (χ3n) is 3.41. The van der Waals surface area contributed by atoms with E-state index in [0.717, 1.165) is 11.3 Å².